The van der Waals surface area contributed by atoms with Crippen LogP contribution in [0.5, 0.6) is 0 Å². The first-order valence-electron chi connectivity index (χ1n) is 8.24. The molecule has 0 aliphatic carbocycles. The minimum atomic E-state index is 0.0813. The summed E-state index contributed by atoms with van der Waals surface area (Å²) in [6, 6.07) is 16.3. The number of nitrogens with one attached hydrogen (secondary N) is 2. The Morgan fingerprint density at radius 2 is 1.20 bits per heavy atom. The molecule has 4 rings (SSSR count). The molecule has 2 aromatic carbocycles. The molecule has 2 aromatic heterocycles. The largest absolute Gasteiger partial charge is 0.341 e. The molecule has 0 bridgehead atoms. The van der Waals surface area contributed by atoms with Gasteiger partial charge >= 0.3 is 0 Å². The van der Waals surface area contributed by atoms with Gasteiger partial charge in [0.05, 0.1) is 37.7 Å². The number of aromatic amines is 2. The highest BCUT2D eigenvalue weighted by Gasteiger charge is 2.20. The third-order valence-corrected chi connectivity index (χ3v) is 6.92. The summed E-state index contributed by atoms with van der Waals surface area (Å²) >= 11 is 3.80. The van der Waals surface area contributed by atoms with Crippen LogP contribution in [0.1, 0.15) is 25.5 Å². The van der Waals surface area contributed by atoms with Gasteiger partial charge in [-0.1, -0.05) is 24.3 Å². The Kier molecular flexibility index (Phi) is 4.48. The molecule has 2 heterocycles. The minimum Gasteiger partial charge on any atom is -0.341 e. The highest BCUT2D eigenvalue weighted by molar-refractivity contribution is 8.17. The highest BCUT2D eigenvalue weighted by atomic mass is 32.2. The smallest absolute Gasteiger partial charge is 0.117 e. The molecule has 0 saturated carbocycles. The van der Waals surface area contributed by atoms with E-state index in [0.717, 1.165) is 45.2 Å². The molecule has 0 spiro atoms. The van der Waals surface area contributed by atoms with Crippen LogP contribution in [0.3, 0.4) is 0 Å². The number of thioether (sulfide) groups is 2. The van der Waals surface area contributed by atoms with Crippen molar-refractivity contribution in [2.45, 2.75) is 29.4 Å². The Bertz CT molecular complexity index is 857. The van der Waals surface area contributed by atoms with Crippen LogP contribution in [0.15, 0.2) is 48.5 Å². The fraction of sp³-hybridized carbons (Fsp3) is 0.263. The second kappa shape index (κ2) is 6.77. The van der Waals surface area contributed by atoms with E-state index in [1.807, 2.05) is 59.9 Å². The first kappa shape index (κ1) is 16.5. The third-order valence-electron chi connectivity index (χ3n) is 3.99. The fourth-order valence-electron chi connectivity index (χ4n) is 2.67. The number of nitrogens with zero attached hydrogens (tertiary/aromatic N) is 2. The SMILES string of the molecule is CC(C)(SCc1nc2ccccc2[nH]1)SCc1nc2ccccc2[nH]1. The zero-order valence-corrected chi connectivity index (χ0v) is 15.9. The van der Waals surface area contributed by atoms with Gasteiger partial charge in [0.15, 0.2) is 0 Å². The quantitative estimate of drug-likeness (QED) is 0.451. The second-order valence-corrected chi connectivity index (χ2v) is 9.83. The van der Waals surface area contributed by atoms with E-state index in [4.69, 9.17) is 0 Å². The lowest BCUT2D eigenvalue weighted by Gasteiger charge is -2.22. The van der Waals surface area contributed by atoms with Gasteiger partial charge in [-0.25, -0.2) is 9.97 Å². The van der Waals surface area contributed by atoms with Crippen LogP contribution in [-0.4, -0.2) is 24.0 Å². The summed E-state index contributed by atoms with van der Waals surface area (Å²) < 4.78 is 0.0813. The van der Waals surface area contributed by atoms with Crippen molar-refractivity contribution in [1.82, 2.24) is 19.9 Å². The lowest BCUT2D eigenvalue weighted by atomic mass is 10.3. The van der Waals surface area contributed by atoms with Crippen LogP contribution < -0.4 is 0 Å². The normalized spacial score (nSPS) is 12.2. The van der Waals surface area contributed by atoms with E-state index < -0.39 is 0 Å². The molecule has 4 aromatic rings. The molecule has 0 fully saturated rings. The van der Waals surface area contributed by atoms with Crippen molar-refractivity contribution in [2.75, 3.05) is 0 Å². The summed E-state index contributed by atoms with van der Waals surface area (Å²) in [6.07, 6.45) is 0. The lowest BCUT2D eigenvalue weighted by molar-refractivity contribution is 1.00. The zero-order chi connectivity index (χ0) is 17.3. The molecule has 0 radical (unpaired) electrons. The third kappa shape index (κ3) is 3.85. The molecule has 0 saturated heterocycles. The Labute approximate surface area is 155 Å². The molecule has 0 aliphatic heterocycles. The number of para-hydroxylation sites is 4. The maximum Gasteiger partial charge on any atom is 0.117 e. The van der Waals surface area contributed by atoms with Gasteiger partial charge in [0.2, 0.25) is 0 Å². The molecule has 4 nitrogen and oxygen atoms in total. The summed E-state index contributed by atoms with van der Waals surface area (Å²) in [6.45, 7) is 4.52. The van der Waals surface area contributed by atoms with Crippen LogP contribution in [-0.2, 0) is 11.5 Å². The predicted molar refractivity (Wildman–Crippen MR) is 109 cm³/mol. The summed E-state index contributed by atoms with van der Waals surface area (Å²) in [5.74, 6) is 3.80. The number of imidazole rings is 2. The molecule has 25 heavy (non-hydrogen) atoms. The summed E-state index contributed by atoms with van der Waals surface area (Å²) in [5, 5.41) is 0. The van der Waals surface area contributed by atoms with Gasteiger partial charge < -0.3 is 9.97 Å². The van der Waals surface area contributed by atoms with Gasteiger partial charge in [-0.3, -0.25) is 0 Å². The second-order valence-electron chi connectivity index (χ2n) is 6.38. The van der Waals surface area contributed by atoms with E-state index in [2.05, 4.69) is 45.9 Å². The van der Waals surface area contributed by atoms with Crippen LogP contribution in [0, 0.1) is 0 Å². The van der Waals surface area contributed by atoms with Crippen molar-refractivity contribution in [3.8, 4) is 0 Å². The lowest BCUT2D eigenvalue weighted by Crippen LogP contribution is -2.10. The van der Waals surface area contributed by atoms with Gasteiger partial charge in [0.25, 0.3) is 0 Å². The number of hydrogen-bond donors (Lipinski definition) is 2. The number of fused-ring (bicyclic) bond motifs is 2. The van der Waals surface area contributed by atoms with Crippen LogP contribution in [0.2, 0.25) is 0 Å². The summed E-state index contributed by atoms with van der Waals surface area (Å²) in [5.41, 5.74) is 4.27. The first-order valence-corrected chi connectivity index (χ1v) is 10.2. The molecular weight excluding hydrogens is 348 g/mol. The van der Waals surface area contributed by atoms with Crippen molar-refractivity contribution < 1.29 is 0 Å². The number of aromatic nitrogens is 4. The van der Waals surface area contributed by atoms with Crippen LogP contribution in [0.4, 0.5) is 0 Å². The van der Waals surface area contributed by atoms with Gasteiger partial charge in [0.1, 0.15) is 11.6 Å². The average molecular weight is 369 g/mol. The molecule has 2 N–H and O–H groups in total. The summed E-state index contributed by atoms with van der Waals surface area (Å²) in [4.78, 5) is 16.1. The molecule has 0 aliphatic rings. The standard InChI is InChI=1S/C19H20N4S2/c1-19(2,24-11-17-20-13-7-3-4-8-14(13)21-17)25-12-18-22-15-9-5-6-10-16(15)23-18/h3-10H,11-12H2,1-2H3,(H,20,21)(H,22,23). The van der Waals surface area contributed by atoms with Crippen molar-refractivity contribution in [2.24, 2.45) is 0 Å². The van der Waals surface area contributed by atoms with E-state index in [9.17, 15) is 0 Å². The average Bonchev–Trinajstić information content (AvgIpc) is 3.21. The van der Waals surface area contributed by atoms with Gasteiger partial charge in [-0.2, -0.15) is 0 Å². The number of hydrogen-bond acceptors (Lipinski definition) is 4. The van der Waals surface area contributed by atoms with Gasteiger partial charge in [-0.15, -0.1) is 23.5 Å². The van der Waals surface area contributed by atoms with Crippen molar-refractivity contribution in [1.29, 1.82) is 0 Å². The molecule has 128 valence electrons. The van der Waals surface area contributed by atoms with Gasteiger partial charge in [0, 0.05) is 0 Å². The van der Waals surface area contributed by atoms with Crippen LogP contribution >= 0.6 is 23.5 Å². The van der Waals surface area contributed by atoms with E-state index in [-0.39, 0.29) is 4.08 Å². The Balaban J connectivity index is 1.37. The van der Waals surface area contributed by atoms with E-state index in [1.54, 1.807) is 0 Å². The molecule has 0 atom stereocenters. The molecular formula is C19H20N4S2. The van der Waals surface area contributed by atoms with Crippen molar-refractivity contribution in [3.63, 3.8) is 0 Å². The number of rotatable bonds is 6. The van der Waals surface area contributed by atoms with E-state index in [1.165, 1.54) is 0 Å². The fourth-order valence-corrected chi connectivity index (χ4v) is 4.60. The van der Waals surface area contributed by atoms with Gasteiger partial charge in [-0.05, 0) is 38.1 Å². The Morgan fingerprint density at radius 3 is 1.64 bits per heavy atom. The van der Waals surface area contributed by atoms with Crippen molar-refractivity contribution >= 4 is 45.6 Å². The van der Waals surface area contributed by atoms with Crippen molar-refractivity contribution in [3.05, 3.63) is 60.2 Å². The number of H-pyrrole nitrogens is 2. The summed E-state index contributed by atoms with van der Waals surface area (Å²) in [7, 11) is 0. The monoisotopic (exact) mass is 368 g/mol. The first-order chi connectivity index (χ1) is 12.1. The molecule has 0 amide bonds. The minimum absolute atomic E-state index is 0.0813. The maximum absolute atomic E-state index is 4.66. The zero-order valence-electron chi connectivity index (χ0n) is 14.2. The Hall–Kier alpha value is -1.92. The molecule has 0 unspecified atom stereocenters. The highest BCUT2D eigenvalue weighted by Crippen LogP contribution is 2.39. The Morgan fingerprint density at radius 1 is 0.760 bits per heavy atom. The van der Waals surface area contributed by atoms with Crippen LogP contribution in [0.25, 0.3) is 22.1 Å². The topological polar surface area (TPSA) is 57.4 Å². The maximum atomic E-state index is 4.66. The number of benzene rings is 2. The van der Waals surface area contributed by atoms with E-state index >= 15 is 0 Å². The van der Waals surface area contributed by atoms with E-state index in [0.29, 0.717) is 0 Å². The predicted octanol–water partition coefficient (Wildman–Crippen LogP) is 5.34. The molecule has 6 heteroatoms.